The summed E-state index contributed by atoms with van der Waals surface area (Å²) in [5.41, 5.74) is -0.818. The quantitative estimate of drug-likeness (QED) is 0.847. The Morgan fingerprint density at radius 1 is 1.30 bits per heavy atom. The van der Waals surface area contributed by atoms with Crippen molar-refractivity contribution in [3.63, 3.8) is 0 Å². The Hall–Kier alpha value is -0.650. The Morgan fingerprint density at radius 3 is 2.60 bits per heavy atom. The monoisotopic (exact) mass is 285 g/mol. The molecule has 2 aliphatic rings. The second-order valence-electron chi connectivity index (χ2n) is 6.05. The summed E-state index contributed by atoms with van der Waals surface area (Å²) >= 11 is 0. The summed E-state index contributed by atoms with van der Waals surface area (Å²) in [6, 6.07) is 0. The maximum Gasteiger partial charge on any atom is 0.248 e. The minimum absolute atomic E-state index is 0.0586. The molecule has 1 amide bonds. The zero-order valence-electron chi connectivity index (χ0n) is 12.7. The van der Waals surface area contributed by atoms with Crippen LogP contribution in [-0.2, 0) is 14.3 Å². The highest BCUT2D eigenvalue weighted by atomic mass is 16.5. The molecule has 0 aliphatic carbocycles. The standard InChI is InChI=1S/C15H27NO4/c1-3-14(18)7-10-20-15(12-14)5-8-16(9-6-15)13(17)11-19-4-2/h18H,3-12H2,1-2H3. The average Bonchev–Trinajstić information content (AvgIpc) is 2.45. The van der Waals surface area contributed by atoms with Crippen LogP contribution in [0.1, 0.15) is 46.0 Å². The maximum absolute atomic E-state index is 11.9. The Bertz CT molecular complexity index is 339. The molecule has 0 bridgehead atoms. The van der Waals surface area contributed by atoms with Crippen molar-refractivity contribution in [2.24, 2.45) is 0 Å². The zero-order chi connectivity index (χ0) is 14.6. The second kappa shape index (κ2) is 6.41. The van der Waals surface area contributed by atoms with Crippen molar-refractivity contribution >= 4 is 5.91 Å². The fourth-order valence-corrected chi connectivity index (χ4v) is 3.26. The lowest BCUT2D eigenvalue weighted by atomic mass is 9.76. The first-order chi connectivity index (χ1) is 9.52. The number of rotatable bonds is 4. The smallest absolute Gasteiger partial charge is 0.248 e. The van der Waals surface area contributed by atoms with E-state index in [-0.39, 0.29) is 18.1 Å². The van der Waals surface area contributed by atoms with E-state index in [1.165, 1.54) is 0 Å². The highest BCUT2D eigenvalue weighted by Crippen LogP contribution is 2.40. The summed E-state index contributed by atoms with van der Waals surface area (Å²) in [4.78, 5) is 13.8. The van der Waals surface area contributed by atoms with Crippen LogP contribution in [0.2, 0.25) is 0 Å². The predicted octanol–water partition coefficient (Wildman–Crippen LogP) is 1.34. The Labute approximate surface area is 121 Å². The molecule has 2 aliphatic heterocycles. The molecule has 2 heterocycles. The van der Waals surface area contributed by atoms with Crippen molar-refractivity contribution in [2.75, 3.05) is 32.9 Å². The number of nitrogens with zero attached hydrogens (tertiary/aromatic N) is 1. The normalized spacial score (nSPS) is 29.6. The van der Waals surface area contributed by atoms with Gasteiger partial charge in [-0.25, -0.2) is 0 Å². The summed E-state index contributed by atoms with van der Waals surface area (Å²) in [6.07, 6.45) is 3.81. The third-order valence-electron chi connectivity index (χ3n) is 4.74. The van der Waals surface area contributed by atoms with Gasteiger partial charge in [0.2, 0.25) is 5.91 Å². The molecule has 0 radical (unpaired) electrons. The first kappa shape index (κ1) is 15.7. The van der Waals surface area contributed by atoms with Crippen LogP contribution in [0.3, 0.4) is 0 Å². The van der Waals surface area contributed by atoms with Gasteiger partial charge in [-0.3, -0.25) is 4.79 Å². The number of hydrogen-bond donors (Lipinski definition) is 1. The number of carbonyl (C=O) groups excluding carboxylic acids is 1. The van der Waals surface area contributed by atoms with Crippen molar-refractivity contribution in [2.45, 2.75) is 57.2 Å². The molecule has 2 fully saturated rings. The fraction of sp³-hybridized carbons (Fsp3) is 0.933. The first-order valence-corrected chi connectivity index (χ1v) is 7.74. The largest absolute Gasteiger partial charge is 0.390 e. The van der Waals surface area contributed by atoms with Gasteiger partial charge in [0.05, 0.1) is 17.8 Å². The number of carbonyl (C=O) groups is 1. The van der Waals surface area contributed by atoms with Crippen LogP contribution in [-0.4, -0.2) is 60.0 Å². The molecule has 1 unspecified atom stereocenters. The molecule has 1 spiro atoms. The minimum Gasteiger partial charge on any atom is -0.390 e. The lowest BCUT2D eigenvalue weighted by Gasteiger charge is -2.49. The van der Waals surface area contributed by atoms with Crippen molar-refractivity contribution < 1.29 is 19.4 Å². The lowest BCUT2D eigenvalue weighted by molar-refractivity contribution is -0.181. The first-order valence-electron chi connectivity index (χ1n) is 7.74. The molecule has 0 saturated carbocycles. The third kappa shape index (κ3) is 3.51. The van der Waals surface area contributed by atoms with E-state index >= 15 is 0 Å². The molecule has 5 heteroatoms. The highest BCUT2D eigenvalue weighted by Gasteiger charge is 2.46. The highest BCUT2D eigenvalue weighted by molar-refractivity contribution is 5.77. The zero-order valence-corrected chi connectivity index (χ0v) is 12.7. The summed E-state index contributed by atoms with van der Waals surface area (Å²) in [7, 11) is 0. The third-order valence-corrected chi connectivity index (χ3v) is 4.74. The molecule has 2 rings (SSSR count). The summed E-state index contributed by atoms with van der Waals surface area (Å²) in [5, 5.41) is 10.5. The molecular weight excluding hydrogens is 258 g/mol. The van der Waals surface area contributed by atoms with Gasteiger partial charge in [0.25, 0.3) is 0 Å². The lowest BCUT2D eigenvalue weighted by Crippen LogP contribution is -2.55. The van der Waals surface area contributed by atoms with Crippen molar-refractivity contribution in [3.8, 4) is 0 Å². The number of amides is 1. The van der Waals surface area contributed by atoms with Gasteiger partial charge >= 0.3 is 0 Å². The molecule has 20 heavy (non-hydrogen) atoms. The van der Waals surface area contributed by atoms with Crippen LogP contribution < -0.4 is 0 Å². The van der Waals surface area contributed by atoms with E-state index in [0.29, 0.717) is 32.7 Å². The second-order valence-corrected chi connectivity index (χ2v) is 6.05. The molecule has 1 N–H and O–H groups in total. The van der Waals surface area contributed by atoms with E-state index in [9.17, 15) is 9.90 Å². The van der Waals surface area contributed by atoms with E-state index in [2.05, 4.69) is 0 Å². The van der Waals surface area contributed by atoms with Crippen LogP contribution in [0, 0.1) is 0 Å². The summed E-state index contributed by atoms with van der Waals surface area (Å²) in [5.74, 6) is 0.0586. The fourth-order valence-electron chi connectivity index (χ4n) is 3.26. The summed E-state index contributed by atoms with van der Waals surface area (Å²) < 4.78 is 11.2. The van der Waals surface area contributed by atoms with E-state index < -0.39 is 5.60 Å². The number of piperidine rings is 1. The number of hydrogen-bond acceptors (Lipinski definition) is 4. The molecule has 0 aromatic rings. The van der Waals surface area contributed by atoms with Crippen LogP contribution in [0.5, 0.6) is 0 Å². The van der Waals surface area contributed by atoms with Gasteiger partial charge in [0.15, 0.2) is 0 Å². The summed E-state index contributed by atoms with van der Waals surface area (Å²) in [6.45, 7) is 6.67. The van der Waals surface area contributed by atoms with Gasteiger partial charge < -0.3 is 19.5 Å². The Kier molecular flexibility index (Phi) is 5.04. The van der Waals surface area contributed by atoms with Gasteiger partial charge in [-0.05, 0) is 32.6 Å². The van der Waals surface area contributed by atoms with Gasteiger partial charge in [0.1, 0.15) is 6.61 Å². The molecular formula is C15H27NO4. The van der Waals surface area contributed by atoms with E-state index in [1.807, 2.05) is 18.7 Å². The molecule has 1 atom stereocenters. The molecule has 0 aromatic heterocycles. The van der Waals surface area contributed by atoms with Gasteiger partial charge in [0, 0.05) is 26.1 Å². The van der Waals surface area contributed by atoms with Crippen molar-refractivity contribution in [1.29, 1.82) is 0 Å². The van der Waals surface area contributed by atoms with Crippen LogP contribution in [0.25, 0.3) is 0 Å². The minimum atomic E-state index is -0.588. The Morgan fingerprint density at radius 2 is 2.00 bits per heavy atom. The number of likely N-dealkylation sites (tertiary alicyclic amines) is 1. The van der Waals surface area contributed by atoms with Crippen molar-refractivity contribution in [1.82, 2.24) is 4.90 Å². The Balaban J connectivity index is 1.88. The molecule has 0 aromatic carbocycles. The van der Waals surface area contributed by atoms with Crippen LogP contribution in [0.4, 0.5) is 0 Å². The topological polar surface area (TPSA) is 59.0 Å². The van der Waals surface area contributed by atoms with Crippen LogP contribution >= 0.6 is 0 Å². The van der Waals surface area contributed by atoms with Gasteiger partial charge in [-0.15, -0.1) is 0 Å². The van der Waals surface area contributed by atoms with E-state index in [4.69, 9.17) is 9.47 Å². The number of aliphatic hydroxyl groups is 1. The maximum atomic E-state index is 11.9. The predicted molar refractivity (Wildman–Crippen MR) is 75.5 cm³/mol. The van der Waals surface area contributed by atoms with Crippen molar-refractivity contribution in [3.05, 3.63) is 0 Å². The average molecular weight is 285 g/mol. The van der Waals surface area contributed by atoms with Crippen LogP contribution in [0.15, 0.2) is 0 Å². The molecule has 2 saturated heterocycles. The van der Waals surface area contributed by atoms with E-state index in [1.54, 1.807) is 0 Å². The molecule has 5 nitrogen and oxygen atoms in total. The van der Waals surface area contributed by atoms with E-state index in [0.717, 1.165) is 25.7 Å². The number of ether oxygens (including phenoxy) is 2. The van der Waals surface area contributed by atoms with Gasteiger partial charge in [-0.1, -0.05) is 6.92 Å². The van der Waals surface area contributed by atoms with Gasteiger partial charge in [-0.2, -0.15) is 0 Å². The molecule has 116 valence electrons. The SMILES string of the molecule is CCOCC(=O)N1CCC2(CC1)CC(O)(CC)CCO2.